The number of para-hydroxylation sites is 1. The zero-order valence-corrected chi connectivity index (χ0v) is 13.2. The molecule has 0 amide bonds. The van der Waals surface area contributed by atoms with Crippen LogP contribution in [-0.2, 0) is 0 Å². The summed E-state index contributed by atoms with van der Waals surface area (Å²) in [5, 5.41) is 7.44. The number of nitrogens with zero attached hydrogens (tertiary/aromatic N) is 3. The molecule has 2 aromatic carbocycles. The largest absolute Gasteiger partial charge is 0.373 e. The first-order valence-electron chi connectivity index (χ1n) is 7.96. The molecule has 1 unspecified atom stereocenters. The summed E-state index contributed by atoms with van der Waals surface area (Å²) < 4.78 is 43.4. The quantitative estimate of drug-likeness (QED) is 0.519. The van der Waals surface area contributed by atoms with Crippen LogP contribution in [0.15, 0.2) is 55.0 Å². The molecule has 1 N–H and O–H groups in total. The standard InChI is InChI=1S/C19H11F3N4/c20-13-6-5-11(15(21)16(13)22)17-12-7-8-26-19(12)18(23-9-24-26)10-3-1-2-4-14(10)25-17/h1-9,17,25H. The Kier molecular flexibility index (Phi) is 3.06. The van der Waals surface area contributed by atoms with Gasteiger partial charge in [-0.2, -0.15) is 5.10 Å². The molecule has 0 saturated carbocycles. The minimum atomic E-state index is -1.48. The molecular formula is C19H11F3N4. The van der Waals surface area contributed by atoms with E-state index in [2.05, 4.69) is 15.4 Å². The second kappa shape index (κ2) is 5.32. The normalized spacial score (nSPS) is 15.4. The number of rotatable bonds is 1. The average molecular weight is 352 g/mol. The molecule has 7 heteroatoms. The minimum Gasteiger partial charge on any atom is -0.373 e. The zero-order valence-electron chi connectivity index (χ0n) is 13.2. The highest BCUT2D eigenvalue weighted by molar-refractivity contribution is 5.89. The zero-order chi connectivity index (χ0) is 17.8. The Labute approximate surface area is 145 Å². The highest BCUT2D eigenvalue weighted by atomic mass is 19.2. The van der Waals surface area contributed by atoms with Crippen molar-refractivity contribution in [1.29, 1.82) is 0 Å². The molecule has 1 aliphatic heterocycles. The summed E-state index contributed by atoms with van der Waals surface area (Å²) in [4.78, 5) is 4.39. The maximum absolute atomic E-state index is 14.5. The lowest BCUT2D eigenvalue weighted by Crippen LogP contribution is -2.14. The molecule has 26 heavy (non-hydrogen) atoms. The van der Waals surface area contributed by atoms with Gasteiger partial charge in [-0.1, -0.05) is 24.3 Å². The smallest absolute Gasteiger partial charge is 0.194 e. The van der Waals surface area contributed by atoms with Gasteiger partial charge in [-0.3, -0.25) is 0 Å². The lowest BCUT2D eigenvalue weighted by atomic mass is 9.99. The summed E-state index contributed by atoms with van der Waals surface area (Å²) >= 11 is 0. The van der Waals surface area contributed by atoms with Gasteiger partial charge in [-0.15, -0.1) is 0 Å². The third kappa shape index (κ3) is 1.97. The Hall–Kier alpha value is -3.35. The van der Waals surface area contributed by atoms with Crippen LogP contribution >= 0.6 is 0 Å². The van der Waals surface area contributed by atoms with Crippen molar-refractivity contribution in [3.8, 4) is 11.3 Å². The number of halogens is 3. The molecule has 128 valence electrons. The van der Waals surface area contributed by atoms with Gasteiger partial charge in [0.15, 0.2) is 17.5 Å². The van der Waals surface area contributed by atoms with Gasteiger partial charge in [0.25, 0.3) is 0 Å². The third-order valence-corrected chi connectivity index (χ3v) is 4.65. The van der Waals surface area contributed by atoms with Crippen molar-refractivity contribution in [2.24, 2.45) is 0 Å². The molecule has 2 aromatic heterocycles. The van der Waals surface area contributed by atoms with Gasteiger partial charge in [-0.05, 0) is 18.2 Å². The van der Waals surface area contributed by atoms with Crippen LogP contribution < -0.4 is 5.32 Å². The first kappa shape index (κ1) is 14.9. The van der Waals surface area contributed by atoms with E-state index in [9.17, 15) is 13.2 Å². The monoisotopic (exact) mass is 352 g/mol. The van der Waals surface area contributed by atoms with E-state index in [1.54, 1.807) is 16.8 Å². The molecule has 0 radical (unpaired) electrons. The molecule has 0 spiro atoms. The molecule has 0 aliphatic carbocycles. The SMILES string of the molecule is Fc1ccc(C2Nc3ccccc3-c3ncnn4ccc2c34)c(F)c1F. The van der Waals surface area contributed by atoms with Crippen LogP contribution in [-0.4, -0.2) is 14.6 Å². The Morgan fingerprint density at radius 3 is 2.65 bits per heavy atom. The van der Waals surface area contributed by atoms with Crippen LogP contribution in [0.25, 0.3) is 16.8 Å². The number of anilines is 1. The summed E-state index contributed by atoms with van der Waals surface area (Å²) in [7, 11) is 0. The van der Waals surface area contributed by atoms with E-state index in [1.807, 2.05) is 24.3 Å². The minimum absolute atomic E-state index is 0.0171. The van der Waals surface area contributed by atoms with E-state index in [1.165, 1.54) is 12.4 Å². The molecule has 3 heterocycles. The van der Waals surface area contributed by atoms with Crippen molar-refractivity contribution in [1.82, 2.24) is 14.6 Å². The molecule has 0 bridgehead atoms. The van der Waals surface area contributed by atoms with Crippen molar-refractivity contribution < 1.29 is 13.2 Å². The van der Waals surface area contributed by atoms with Crippen molar-refractivity contribution in [2.75, 3.05) is 5.32 Å². The van der Waals surface area contributed by atoms with Crippen molar-refractivity contribution in [3.63, 3.8) is 0 Å². The molecule has 0 fully saturated rings. The highest BCUT2D eigenvalue weighted by Gasteiger charge is 2.29. The summed E-state index contributed by atoms with van der Waals surface area (Å²) in [5.41, 5.74) is 3.63. The number of benzene rings is 2. The number of hydrogen-bond acceptors (Lipinski definition) is 3. The fourth-order valence-electron chi connectivity index (χ4n) is 3.47. The maximum Gasteiger partial charge on any atom is 0.194 e. The summed E-state index contributed by atoms with van der Waals surface area (Å²) in [6.45, 7) is 0. The topological polar surface area (TPSA) is 42.2 Å². The Balaban J connectivity index is 1.85. The second-order valence-electron chi connectivity index (χ2n) is 6.06. The third-order valence-electron chi connectivity index (χ3n) is 4.65. The van der Waals surface area contributed by atoms with Gasteiger partial charge < -0.3 is 5.32 Å². The van der Waals surface area contributed by atoms with Gasteiger partial charge in [-0.25, -0.2) is 22.7 Å². The van der Waals surface area contributed by atoms with Gasteiger partial charge in [0, 0.05) is 28.6 Å². The van der Waals surface area contributed by atoms with Crippen LogP contribution in [0.2, 0.25) is 0 Å². The fraction of sp³-hybridized carbons (Fsp3) is 0.0526. The van der Waals surface area contributed by atoms with Crippen molar-refractivity contribution >= 4 is 11.2 Å². The van der Waals surface area contributed by atoms with Crippen LogP contribution in [0, 0.1) is 17.5 Å². The van der Waals surface area contributed by atoms with Gasteiger partial charge >= 0.3 is 0 Å². The van der Waals surface area contributed by atoms with Crippen molar-refractivity contribution in [3.05, 3.63) is 83.6 Å². The number of nitrogens with one attached hydrogen (secondary N) is 1. The molecule has 4 aromatic rings. The molecule has 0 saturated heterocycles. The summed E-state index contributed by atoms with van der Waals surface area (Å²) in [5.74, 6) is -3.91. The first-order valence-corrected chi connectivity index (χ1v) is 7.96. The van der Waals surface area contributed by atoms with E-state index >= 15 is 0 Å². The summed E-state index contributed by atoms with van der Waals surface area (Å²) in [6, 6.07) is 10.7. The molecule has 5 rings (SSSR count). The number of hydrogen-bond donors (Lipinski definition) is 1. The van der Waals surface area contributed by atoms with Crippen LogP contribution in [0.1, 0.15) is 17.2 Å². The number of fused-ring (bicyclic) bond motifs is 2. The van der Waals surface area contributed by atoms with Crippen molar-refractivity contribution in [2.45, 2.75) is 6.04 Å². The molecule has 1 atom stereocenters. The predicted molar refractivity (Wildman–Crippen MR) is 90.2 cm³/mol. The fourth-order valence-corrected chi connectivity index (χ4v) is 3.47. The van der Waals surface area contributed by atoms with Gasteiger partial charge in [0.2, 0.25) is 0 Å². The van der Waals surface area contributed by atoms with Crippen LogP contribution in [0.5, 0.6) is 0 Å². The molecular weight excluding hydrogens is 341 g/mol. The predicted octanol–water partition coefficient (Wildman–Crippen LogP) is 4.33. The Bertz CT molecular complexity index is 1170. The van der Waals surface area contributed by atoms with Gasteiger partial charge in [0.1, 0.15) is 12.0 Å². The maximum atomic E-state index is 14.5. The second-order valence-corrected chi connectivity index (χ2v) is 6.06. The Morgan fingerprint density at radius 1 is 0.923 bits per heavy atom. The molecule has 4 nitrogen and oxygen atoms in total. The first-order chi connectivity index (χ1) is 12.6. The van der Waals surface area contributed by atoms with E-state index in [-0.39, 0.29) is 5.56 Å². The van der Waals surface area contributed by atoms with E-state index in [0.29, 0.717) is 16.8 Å². The van der Waals surface area contributed by atoms with E-state index in [4.69, 9.17) is 0 Å². The summed E-state index contributed by atoms with van der Waals surface area (Å²) in [6.07, 6.45) is 3.18. The lowest BCUT2D eigenvalue weighted by Gasteiger charge is -2.20. The average Bonchev–Trinajstić information content (AvgIpc) is 3.03. The Morgan fingerprint density at radius 2 is 1.77 bits per heavy atom. The lowest BCUT2D eigenvalue weighted by molar-refractivity contribution is 0.440. The van der Waals surface area contributed by atoms with Crippen LogP contribution in [0.4, 0.5) is 18.9 Å². The number of aromatic nitrogens is 3. The van der Waals surface area contributed by atoms with Gasteiger partial charge in [0.05, 0.1) is 11.6 Å². The van der Waals surface area contributed by atoms with Crippen LogP contribution in [0.3, 0.4) is 0 Å². The van der Waals surface area contributed by atoms with E-state index < -0.39 is 23.5 Å². The highest BCUT2D eigenvalue weighted by Crippen LogP contribution is 2.41. The molecule has 1 aliphatic rings. The van der Waals surface area contributed by atoms with E-state index in [0.717, 1.165) is 17.3 Å².